The number of halogens is 1. The molecule has 0 saturated heterocycles. The monoisotopic (exact) mass is 417 g/mol. The molecular formula is C20H20ClN3O3S. The van der Waals surface area contributed by atoms with Crippen LogP contribution in [0, 0.1) is 0 Å². The minimum atomic E-state index is -0.909. The Bertz CT molecular complexity index is 940. The summed E-state index contributed by atoms with van der Waals surface area (Å²) < 4.78 is 7.63. The first-order valence-corrected chi connectivity index (χ1v) is 10.1. The number of nitrogens with zero attached hydrogens (tertiary/aromatic N) is 3. The third kappa shape index (κ3) is 5.05. The molecule has 0 aliphatic carbocycles. The molecule has 2 aromatic carbocycles. The number of carboxylic acids is 1. The second kappa shape index (κ2) is 9.12. The molecule has 0 fully saturated rings. The third-order valence-electron chi connectivity index (χ3n) is 4.02. The van der Waals surface area contributed by atoms with E-state index in [0.29, 0.717) is 27.7 Å². The molecule has 0 aliphatic rings. The highest BCUT2D eigenvalue weighted by molar-refractivity contribution is 7.99. The minimum Gasteiger partial charge on any atom is -0.486 e. The summed E-state index contributed by atoms with van der Waals surface area (Å²) in [5.41, 5.74) is 2.08. The minimum absolute atomic E-state index is 0.0970. The fraction of sp³-hybridized carbons (Fsp3) is 0.250. The average Bonchev–Trinajstić information content (AvgIpc) is 3.09. The van der Waals surface area contributed by atoms with Gasteiger partial charge in [0.2, 0.25) is 0 Å². The standard InChI is InChI=1S/C20H20ClN3O3S/c1-13(2)14-3-7-16(8-4-14)24-18(22-23-20(24)28-12-19(25)26)11-27-17-9-5-15(21)6-10-17/h3-10,13H,11-12H2,1-2H3,(H,25,26). The molecule has 0 bridgehead atoms. The summed E-state index contributed by atoms with van der Waals surface area (Å²) in [5.74, 6) is 0.659. The van der Waals surface area contributed by atoms with Crippen LogP contribution in [0.1, 0.15) is 31.2 Å². The van der Waals surface area contributed by atoms with Crippen LogP contribution in [-0.4, -0.2) is 31.6 Å². The zero-order valence-electron chi connectivity index (χ0n) is 15.5. The number of rotatable bonds is 8. The van der Waals surface area contributed by atoms with E-state index in [1.807, 2.05) is 16.7 Å². The summed E-state index contributed by atoms with van der Waals surface area (Å²) in [7, 11) is 0. The van der Waals surface area contributed by atoms with Crippen molar-refractivity contribution >= 4 is 29.3 Å². The first kappa shape index (κ1) is 20.2. The highest BCUT2D eigenvalue weighted by Crippen LogP contribution is 2.25. The maximum Gasteiger partial charge on any atom is 0.313 e. The lowest BCUT2D eigenvalue weighted by Crippen LogP contribution is -2.08. The lowest BCUT2D eigenvalue weighted by atomic mass is 10.0. The molecule has 28 heavy (non-hydrogen) atoms. The van der Waals surface area contributed by atoms with Gasteiger partial charge in [0.05, 0.1) is 5.75 Å². The van der Waals surface area contributed by atoms with Crippen molar-refractivity contribution in [2.45, 2.75) is 31.5 Å². The lowest BCUT2D eigenvalue weighted by Gasteiger charge is -2.12. The van der Waals surface area contributed by atoms with Gasteiger partial charge in [0, 0.05) is 10.7 Å². The summed E-state index contributed by atoms with van der Waals surface area (Å²) in [6.07, 6.45) is 0. The van der Waals surface area contributed by atoms with E-state index in [9.17, 15) is 4.79 Å². The molecule has 1 heterocycles. The fourth-order valence-corrected chi connectivity index (χ4v) is 3.38. The maximum atomic E-state index is 11.0. The first-order valence-electron chi connectivity index (χ1n) is 8.71. The van der Waals surface area contributed by atoms with Crippen LogP contribution in [0.3, 0.4) is 0 Å². The molecule has 0 atom stereocenters. The van der Waals surface area contributed by atoms with Gasteiger partial charge in [-0.1, -0.05) is 49.3 Å². The summed E-state index contributed by atoms with van der Waals surface area (Å²) in [4.78, 5) is 11.0. The van der Waals surface area contributed by atoms with Crippen molar-refractivity contribution in [3.8, 4) is 11.4 Å². The van der Waals surface area contributed by atoms with Gasteiger partial charge in [-0.15, -0.1) is 10.2 Å². The van der Waals surface area contributed by atoms with Gasteiger partial charge in [-0.25, -0.2) is 0 Å². The SMILES string of the molecule is CC(C)c1ccc(-n2c(COc3ccc(Cl)cc3)nnc2SCC(=O)O)cc1. The lowest BCUT2D eigenvalue weighted by molar-refractivity contribution is -0.133. The van der Waals surface area contributed by atoms with Crippen molar-refractivity contribution in [1.29, 1.82) is 0 Å². The van der Waals surface area contributed by atoms with Crippen LogP contribution in [0.2, 0.25) is 5.02 Å². The van der Waals surface area contributed by atoms with Crippen molar-refractivity contribution in [3.63, 3.8) is 0 Å². The van der Waals surface area contributed by atoms with Gasteiger partial charge in [-0.3, -0.25) is 9.36 Å². The van der Waals surface area contributed by atoms with Gasteiger partial charge in [0.25, 0.3) is 0 Å². The van der Waals surface area contributed by atoms with E-state index in [0.717, 1.165) is 17.4 Å². The molecule has 6 nitrogen and oxygen atoms in total. The Balaban J connectivity index is 1.88. The van der Waals surface area contributed by atoms with Gasteiger partial charge in [-0.05, 0) is 47.9 Å². The van der Waals surface area contributed by atoms with Crippen molar-refractivity contribution < 1.29 is 14.6 Å². The number of ether oxygens (including phenoxy) is 1. The van der Waals surface area contributed by atoms with Crippen molar-refractivity contribution in [1.82, 2.24) is 14.8 Å². The van der Waals surface area contributed by atoms with Crippen molar-refractivity contribution in [2.75, 3.05) is 5.75 Å². The molecule has 0 unspecified atom stereocenters. The summed E-state index contributed by atoms with van der Waals surface area (Å²) in [6.45, 7) is 4.45. The Hall–Kier alpha value is -2.51. The van der Waals surface area contributed by atoms with Gasteiger partial charge in [-0.2, -0.15) is 0 Å². The van der Waals surface area contributed by atoms with E-state index in [4.69, 9.17) is 21.4 Å². The number of benzene rings is 2. The molecule has 0 spiro atoms. The predicted molar refractivity (Wildman–Crippen MR) is 110 cm³/mol. The van der Waals surface area contributed by atoms with Crippen molar-refractivity contribution in [3.05, 3.63) is 64.9 Å². The van der Waals surface area contributed by atoms with E-state index in [1.165, 1.54) is 5.56 Å². The van der Waals surface area contributed by atoms with E-state index in [1.54, 1.807) is 24.3 Å². The Morgan fingerprint density at radius 2 is 1.82 bits per heavy atom. The molecule has 0 amide bonds. The van der Waals surface area contributed by atoms with E-state index in [-0.39, 0.29) is 12.4 Å². The number of aliphatic carboxylic acids is 1. The second-order valence-corrected chi connectivity index (χ2v) is 7.78. The predicted octanol–water partition coefficient (Wildman–Crippen LogP) is 4.80. The molecule has 146 valence electrons. The van der Waals surface area contributed by atoms with Crippen LogP contribution in [0.5, 0.6) is 5.75 Å². The van der Waals surface area contributed by atoms with E-state index >= 15 is 0 Å². The van der Waals surface area contributed by atoms with Gasteiger partial charge >= 0.3 is 5.97 Å². The number of carboxylic acid groups (broad SMARTS) is 1. The maximum absolute atomic E-state index is 11.0. The van der Waals surface area contributed by atoms with Crippen LogP contribution < -0.4 is 4.74 Å². The first-order chi connectivity index (χ1) is 13.4. The Labute approximate surface area is 172 Å². The topological polar surface area (TPSA) is 77.2 Å². The molecule has 3 aromatic rings. The highest BCUT2D eigenvalue weighted by atomic mass is 35.5. The van der Waals surface area contributed by atoms with Crippen LogP contribution >= 0.6 is 23.4 Å². The van der Waals surface area contributed by atoms with E-state index in [2.05, 4.69) is 36.2 Å². The number of hydrogen-bond donors (Lipinski definition) is 1. The summed E-state index contributed by atoms with van der Waals surface area (Å²) in [6, 6.07) is 15.1. The fourth-order valence-electron chi connectivity index (χ4n) is 2.56. The van der Waals surface area contributed by atoms with Gasteiger partial charge in [0.1, 0.15) is 12.4 Å². The quantitative estimate of drug-likeness (QED) is 0.530. The zero-order valence-corrected chi connectivity index (χ0v) is 17.1. The molecule has 0 radical (unpaired) electrons. The number of hydrogen-bond acceptors (Lipinski definition) is 5. The van der Waals surface area contributed by atoms with Crippen LogP contribution in [0.15, 0.2) is 53.7 Å². The average molecular weight is 418 g/mol. The molecular weight excluding hydrogens is 398 g/mol. The number of carbonyl (C=O) groups is 1. The largest absolute Gasteiger partial charge is 0.486 e. The normalized spacial score (nSPS) is 11.0. The van der Waals surface area contributed by atoms with Crippen molar-refractivity contribution in [2.24, 2.45) is 0 Å². The summed E-state index contributed by atoms with van der Waals surface area (Å²) in [5, 5.41) is 18.5. The number of aromatic nitrogens is 3. The Kier molecular flexibility index (Phi) is 6.59. The second-order valence-electron chi connectivity index (χ2n) is 6.41. The molecule has 3 rings (SSSR count). The highest BCUT2D eigenvalue weighted by Gasteiger charge is 2.16. The van der Waals surface area contributed by atoms with E-state index < -0.39 is 5.97 Å². The Morgan fingerprint density at radius 3 is 2.43 bits per heavy atom. The number of thioether (sulfide) groups is 1. The smallest absolute Gasteiger partial charge is 0.313 e. The van der Waals surface area contributed by atoms with Gasteiger partial charge < -0.3 is 9.84 Å². The molecule has 8 heteroatoms. The molecule has 0 saturated carbocycles. The third-order valence-corrected chi connectivity index (χ3v) is 5.19. The van der Waals surface area contributed by atoms with Crippen LogP contribution in [-0.2, 0) is 11.4 Å². The summed E-state index contributed by atoms with van der Waals surface area (Å²) >= 11 is 7.02. The van der Waals surface area contributed by atoms with Crippen LogP contribution in [0.4, 0.5) is 0 Å². The van der Waals surface area contributed by atoms with Crippen LogP contribution in [0.25, 0.3) is 5.69 Å². The zero-order chi connectivity index (χ0) is 20.1. The Morgan fingerprint density at radius 1 is 1.14 bits per heavy atom. The molecule has 0 aliphatic heterocycles. The van der Waals surface area contributed by atoms with Gasteiger partial charge in [0.15, 0.2) is 11.0 Å². The molecule has 1 N–H and O–H groups in total. The molecule has 1 aromatic heterocycles.